The van der Waals surface area contributed by atoms with Crippen LogP contribution < -0.4 is 4.90 Å². The van der Waals surface area contributed by atoms with E-state index in [1.165, 1.54) is 16.8 Å². The summed E-state index contributed by atoms with van der Waals surface area (Å²) in [6.45, 7) is 9.14. The Balaban J connectivity index is 1.32. The summed E-state index contributed by atoms with van der Waals surface area (Å²) in [5.41, 5.74) is 5.97. The van der Waals surface area contributed by atoms with Crippen LogP contribution in [0.15, 0.2) is 54.2 Å². The molecule has 0 atom stereocenters. The lowest BCUT2D eigenvalue weighted by Gasteiger charge is -2.37. The number of thiophene rings is 1. The highest BCUT2D eigenvalue weighted by atomic mass is 32.1. The van der Waals surface area contributed by atoms with Crippen LogP contribution in [0.1, 0.15) is 27.2 Å². The summed E-state index contributed by atoms with van der Waals surface area (Å²) in [7, 11) is 0. The average Bonchev–Trinajstić information content (AvgIpc) is 3.51. The van der Waals surface area contributed by atoms with Crippen molar-refractivity contribution in [1.29, 1.82) is 0 Å². The monoisotopic (exact) mass is 458 g/mol. The third-order valence-electron chi connectivity index (χ3n) is 6.12. The van der Waals surface area contributed by atoms with E-state index < -0.39 is 0 Å². The largest absolute Gasteiger partial charge is 0.368 e. The Morgan fingerprint density at radius 2 is 1.85 bits per heavy atom. The molecule has 0 spiro atoms. The predicted molar refractivity (Wildman–Crippen MR) is 131 cm³/mol. The van der Waals surface area contributed by atoms with Crippen molar-refractivity contribution < 1.29 is 4.79 Å². The molecule has 1 fully saturated rings. The summed E-state index contributed by atoms with van der Waals surface area (Å²) < 4.78 is 1.65. The molecule has 8 heteroatoms. The molecule has 1 aliphatic rings. The molecule has 0 unspecified atom stereocenters. The highest BCUT2D eigenvalue weighted by molar-refractivity contribution is 7.13. The number of hydrogen-bond acceptors (Lipinski definition) is 6. The fourth-order valence-corrected chi connectivity index (χ4v) is 4.91. The van der Waals surface area contributed by atoms with Gasteiger partial charge in [0, 0.05) is 38.1 Å². The molecule has 33 heavy (non-hydrogen) atoms. The molecule has 0 radical (unpaired) electrons. The lowest BCUT2D eigenvalue weighted by molar-refractivity contribution is 0.0746. The lowest BCUT2D eigenvalue weighted by atomic mass is 10.1. The van der Waals surface area contributed by atoms with Crippen LogP contribution in [0.5, 0.6) is 0 Å². The second-order valence-electron chi connectivity index (χ2n) is 8.34. The average molecular weight is 459 g/mol. The normalized spacial score (nSPS) is 14.0. The summed E-state index contributed by atoms with van der Waals surface area (Å²) in [6.07, 6.45) is 3.36. The first-order chi connectivity index (χ1) is 16.0. The molecule has 168 valence electrons. The van der Waals surface area contributed by atoms with E-state index >= 15 is 0 Å². The van der Waals surface area contributed by atoms with Crippen LogP contribution in [0.25, 0.3) is 16.5 Å². The van der Waals surface area contributed by atoms with E-state index in [0.717, 1.165) is 29.4 Å². The molecule has 1 aromatic carbocycles. The molecular formula is C25H26N6OS. The second-order valence-corrected chi connectivity index (χ2v) is 9.29. The number of hydrogen-bond donors (Lipinski definition) is 0. The molecule has 1 saturated heterocycles. The van der Waals surface area contributed by atoms with E-state index in [1.54, 1.807) is 28.4 Å². The first-order valence-corrected chi connectivity index (χ1v) is 11.9. The Bertz CT molecular complexity index is 1290. The highest BCUT2D eigenvalue weighted by Gasteiger charge is 2.26. The van der Waals surface area contributed by atoms with Gasteiger partial charge in [-0.2, -0.15) is 5.10 Å². The van der Waals surface area contributed by atoms with E-state index in [1.807, 2.05) is 35.4 Å². The Hall–Kier alpha value is -3.52. The van der Waals surface area contributed by atoms with Gasteiger partial charge in [0.05, 0.1) is 28.0 Å². The first-order valence-electron chi connectivity index (χ1n) is 11.0. The molecule has 4 aromatic rings. The molecule has 0 saturated carbocycles. The van der Waals surface area contributed by atoms with Gasteiger partial charge in [0.1, 0.15) is 0 Å². The molecule has 0 N–H and O–H groups in total. The third-order valence-corrected chi connectivity index (χ3v) is 7.01. The summed E-state index contributed by atoms with van der Waals surface area (Å²) in [4.78, 5) is 27.7. The Morgan fingerprint density at radius 3 is 2.61 bits per heavy atom. The Morgan fingerprint density at radius 1 is 1.03 bits per heavy atom. The topological polar surface area (TPSA) is 67.2 Å². The van der Waals surface area contributed by atoms with Gasteiger partial charge in [-0.25, -0.2) is 14.6 Å². The molecule has 0 bridgehead atoms. The molecule has 1 aliphatic heterocycles. The standard InChI is InChI=1S/C25H26N6OS/c1-17-6-7-18(2)22(15-17)29-10-12-30(13-11-29)24(32)20-16-27-31(19(20)3)25-26-9-8-21(28-25)23-5-4-14-33-23/h4-9,14-16H,10-13H2,1-3H3. The molecule has 3 aromatic heterocycles. The number of piperazine rings is 1. The van der Waals surface area contributed by atoms with Crippen LogP contribution in [0, 0.1) is 20.8 Å². The number of aromatic nitrogens is 4. The smallest absolute Gasteiger partial charge is 0.257 e. The van der Waals surface area contributed by atoms with Crippen LogP contribution in [-0.4, -0.2) is 56.7 Å². The maximum absolute atomic E-state index is 13.3. The van der Waals surface area contributed by atoms with Crippen LogP contribution in [0.3, 0.4) is 0 Å². The zero-order valence-electron chi connectivity index (χ0n) is 19.0. The van der Waals surface area contributed by atoms with Crippen molar-refractivity contribution in [2.24, 2.45) is 0 Å². The summed E-state index contributed by atoms with van der Waals surface area (Å²) >= 11 is 1.63. The Labute approximate surface area is 197 Å². The number of rotatable bonds is 4. The van der Waals surface area contributed by atoms with Gasteiger partial charge in [-0.3, -0.25) is 4.79 Å². The van der Waals surface area contributed by atoms with Crippen LogP contribution >= 0.6 is 11.3 Å². The Kier molecular flexibility index (Phi) is 5.68. The minimum atomic E-state index is 0.00813. The quantitative estimate of drug-likeness (QED) is 0.457. The maximum Gasteiger partial charge on any atom is 0.257 e. The van der Waals surface area contributed by atoms with E-state index in [9.17, 15) is 4.79 Å². The highest BCUT2D eigenvalue weighted by Crippen LogP contribution is 2.25. The zero-order valence-corrected chi connectivity index (χ0v) is 19.8. The predicted octanol–water partition coefficient (Wildman–Crippen LogP) is 4.28. The zero-order chi connectivity index (χ0) is 22.9. The van der Waals surface area contributed by atoms with Crippen molar-refractivity contribution >= 4 is 22.9 Å². The van der Waals surface area contributed by atoms with E-state index in [0.29, 0.717) is 24.6 Å². The van der Waals surface area contributed by atoms with E-state index in [-0.39, 0.29) is 5.91 Å². The lowest BCUT2D eigenvalue weighted by Crippen LogP contribution is -2.49. The summed E-state index contributed by atoms with van der Waals surface area (Å²) in [6, 6.07) is 12.4. The fraction of sp³-hybridized carbons (Fsp3) is 0.280. The van der Waals surface area contributed by atoms with E-state index in [2.05, 4.69) is 52.0 Å². The molecular weight excluding hydrogens is 432 g/mol. The number of nitrogens with zero attached hydrogens (tertiary/aromatic N) is 6. The molecule has 7 nitrogen and oxygen atoms in total. The summed E-state index contributed by atoms with van der Waals surface area (Å²) in [5, 5.41) is 6.47. The van der Waals surface area contributed by atoms with Gasteiger partial charge in [0.25, 0.3) is 11.9 Å². The molecule has 4 heterocycles. The van der Waals surface area contributed by atoms with Crippen molar-refractivity contribution in [3.05, 3.63) is 76.6 Å². The number of amides is 1. The van der Waals surface area contributed by atoms with Gasteiger partial charge in [-0.15, -0.1) is 11.3 Å². The van der Waals surface area contributed by atoms with Gasteiger partial charge >= 0.3 is 0 Å². The van der Waals surface area contributed by atoms with Gasteiger partial charge in [-0.05, 0) is 55.5 Å². The second kappa shape index (κ2) is 8.78. The van der Waals surface area contributed by atoms with Crippen molar-refractivity contribution in [2.45, 2.75) is 20.8 Å². The van der Waals surface area contributed by atoms with Crippen molar-refractivity contribution in [1.82, 2.24) is 24.6 Å². The van der Waals surface area contributed by atoms with Crippen molar-refractivity contribution in [3.63, 3.8) is 0 Å². The van der Waals surface area contributed by atoms with Gasteiger partial charge in [0.2, 0.25) is 0 Å². The van der Waals surface area contributed by atoms with Gasteiger partial charge < -0.3 is 9.80 Å². The van der Waals surface area contributed by atoms with Crippen molar-refractivity contribution in [2.75, 3.05) is 31.1 Å². The molecule has 0 aliphatic carbocycles. The van der Waals surface area contributed by atoms with Crippen LogP contribution in [0.2, 0.25) is 0 Å². The number of carbonyl (C=O) groups excluding carboxylic acids is 1. The van der Waals surface area contributed by atoms with E-state index in [4.69, 9.17) is 0 Å². The minimum Gasteiger partial charge on any atom is -0.368 e. The van der Waals surface area contributed by atoms with Crippen LogP contribution in [0.4, 0.5) is 5.69 Å². The minimum absolute atomic E-state index is 0.00813. The fourth-order valence-electron chi connectivity index (χ4n) is 4.21. The SMILES string of the molecule is Cc1ccc(C)c(N2CCN(C(=O)c3cnn(-c4nccc(-c5cccs5)n4)c3C)CC2)c1. The van der Waals surface area contributed by atoms with Gasteiger partial charge in [-0.1, -0.05) is 18.2 Å². The number of aryl methyl sites for hydroxylation is 2. The third kappa shape index (κ3) is 4.14. The molecule has 5 rings (SSSR count). The number of benzene rings is 1. The maximum atomic E-state index is 13.3. The number of carbonyl (C=O) groups is 1. The number of anilines is 1. The van der Waals surface area contributed by atoms with Crippen LogP contribution in [-0.2, 0) is 0 Å². The summed E-state index contributed by atoms with van der Waals surface area (Å²) in [5.74, 6) is 0.478. The first kappa shape index (κ1) is 21.3. The molecule has 1 amide bonds. The van der Waals surface area contributed by atoms with Crippen molar-refractivity contribution in [3.8, 4) is 16.5 Å². The van der Waals surface area contributed by atoms with Gasteiger partial charge in [0.15, 0.2) is 0 Å².